The molecule has 86 valence electrons. The summed E-state index contributed by atoms with van der Waals surface area (Å²) in [7, 11) is -4.22. The molecule has 0 saturated heterocycles. The molecule has 0 amide bonds. The third-order valence-corrected chi connectivity index (χ3v) is 2.91. The standard InChI is InChI=1S/C10H15NO3S.K.H/c1-7(2)5-8-3-4-9(11)10(6-8)15(12,13)14;;/h3-4,6-7H,5,11H2,1-2H3,(H,12,13,14);;/q;+1;-1. The molecule has 0 saturated carbocycles. The summed E-state index contributed by atoms with van der Waals surface area (Å²) in [4.78, 5) is -0.208. The Hall–Kier alpha value is 0.566. The molecule has 1 rings (SSSR count). The molecule has 0 bridgehead atoms. The van der Waals surface area contributed by atoms with Crippen molar-refractivity contribution in [2.45, 2.75) is 25.2 Å². The van der Waals surface area contributed by atoms with Gasteiger partial charge in [0.1, 0.15) is 4.90 Å². The van der Waals surface area contributed by atoms with Crippen molar-refractivity contribution in [2.24, 2.45) is 5.92 Å². The molecule has 3 N–H and O–H groups in total. The van der Waals surface area contributed by atoms with Gasteiger partial charge in [0.25, 0.3) is 10.1 Å². The fraction of sp³-hybridized carbons (Fsp3) is 0.400. The van der Waals surface area contributed by atoms with Gasteiger partial charge in [-0.2, -0.15) is 8.42 Å². The van der Waals surface area contributed by atoms with E-state index in [1.165, 1.54) is 12.1 Å². The van der Waals surface area contributed by atoms with Crippen molar-refractivity contribution in [3.63, 3.8) is 0 Å². The summed E-state index contributed by atoms with van der Waals surface area (Å²) < 4.78 is 30.9. The first-order valence-corrected chi connectivity index (χ1v) is 6.10. The molecule has 4 nitrogen and oxygen atoms in total. The summed E-state index contributed by atoms with van der Waals surface area (Å²) in [6.07, 6.45) is 0.753. The maximum Gasteiger partial charge on any atom is 1.00 e. The van der Waals surface area contributed by atoms with Crippen molar-refractivity contribution in [3.05, 3.63) is 23.8 Å². The van der Waals surface area contributed by atoms with Gasteiger partial charge in [-0.1, -0.05) is 19.9 Å². The van der Waals surface area contributed by atoms with E-state index in [9.17, 15) is 8.42 Å². The van der Waals surface area contributed by atoms with Crippen LogP contribution in [0.25, 0.3) is 0 Å². The zero-order chi connectivity index (χ0) is 11.6. The Labute approximate surface area is 140 Å². The first-order chi connectivity index (χ1) is 6.80. The summed E-state index contributed by atoms with van der Waals surface area (Å²) in [6.45, 7) is 4.06. The van der Waals surface area contributed by atoms with Crippen molar-refractivity contribution in [2.75, 3.05) is 5.73 Å². The van der Waals surface area contributed by atoms with Gasteiger partial charge in [0.05, 0.1) is 5.69 Å². The van der Waals surface area contributed by atoms with Crippen LogP contribution in [0.15, 0.2) is 23.1 Å². The second-order valence-corrected chi connectivity index (χ2v) is 5.34. The second kappa shape index (κ2) is 6.49. The van der Waals surface area contributed by atoms with Gasteiger partial charge in [-0.05, 0) is 30.0 Å². The van der Waals surface area contributed by atoms with E-state index in [4.69, 9.17) is 10.3 Å². The summed E-state index contributed by atoms with van der Waals surface area (Å²) in [5.74, 6) is 0.419. The molecule has 0 atom stereocenters. The molecule has 0 aromatic heterocycles. The Kier molecular flexibility index (Phi) is 6.72. The van der Waals surface area contributed by atoms with E-state index in [2.05, 4.69) is 0 Å². The van der Waals surface area contributed by atoms with Crippen molar-refractivity contribution in [3.8, 4) is 0 Å². The van der Waals surface area contributed by atoms with Crippen LogP contribution in [0.5, 0.6) is 0 Å². The topological polar surface area (TPSA) is 80.4 Å². The van der Waals surface area contributed by atoms with Crippen LogP contribution in [0.1, 0.15) is 20.8 Å². The van der Waals surface area contributed by atoms with Gasteiger partial charge < -0.3 is 7.16 Å². The molecule has 0 unspecified atom stereocenters. The van der Waals surface area contributed by atoms with E-state index in [-0.39, 0.29) is 63.4 Å². The first kappa shape index (κ1) is 16.6. The summed E-state index contributed by atoms with van der Waals surface area (Å²) in [6, 6.07) is 4.69. The van der Waals surface area contributed by atoms with Gasteiger partial charge in [-0.25, -0.2) is 0 Å². The SMILES string of the molecule is CC(C)Cc1ccc(N)c(S(=O)(=O)O)c1.[H-].[K+]. The molecular weight excluding hydrogens is 253 g/mol. The zero-order valence-corrected chi connectivity index (χ0v) is 13.7. The molecule has 0 aliphatic carbocycles. The summed E-state index contributed by atoms with van der Waals surface area (Å²) >= 11 is 0. The Morgan fingerprint density at radius 2 is 2.00 bits per heavy atom. The number of hydrogen-bond donors (Lipinski definition) is 2. The molecule has 0 heterocycles. The van der Waals surface area contributed by atoms with Crippen LogP contribution in [0.2, 0.25) is 0 Å². The van der Waals surface area contributed by atoms with E-state index in [0.717, 1.165) is 12.0 Å². The molecule has 0 aliphatic rings. The molecule has 0 radical (unpaired) electrons. The normalized spacial score (nSPS) is 11.2. The van der Waals surface area contributed by atoms with Crippen LogP contribution in [0.4, 0.5) is 5.69 Å². The van der Waals surface area contributed by atoms with E-state index in [1.807, 2.05) is 13.8 Å². The summed E-state index contributed by atoms with van der Waals surface area (Å²) in [5, 5.41) is 0. The molecular formula is C10H16KNO3S. The number of nitrogens with two attached hydrogens (primary N) is 1. The minimum atomic E-state index is -4.22. The number of benzene rings is 1. The van der Waals surface area contributed by atoms with E-state index < -0.39 is 10.1 Å². The Bertz CT molecular complexity index is 463. The molecule has 0 spiro atoms. The van der Waals surface area contributed by atoms with Crippen molar-refractivity contribution in [1.82, 2.24) is 0 Å². The zero-order valence-electron chi connectivity index (χ0n) is 10.8. The maximum atomic E-state index is 11.0. The minimum Gasteiger partial charge on any atom is -1.00 e. The van der Waals surface area contributed by atoms with Gasteiger partial charge in [0, 0.05) is 0 Å². The van der Waals surface area contributed by atoms with E-state index >= 15 is 0 Å². The second-order valence-electron chi connectivity index (χ2n) is 3.95. The van der Waals surface area contributed by atoms with Crippen LogP contribution in [-0.4, -0.2) is 13.0 Å². The predicted octanol–water partition coefficient (Wildman–Crippen LogP) is -1.17. The maximum absolute atomic E-state index is 11.0. The van der Waals surface area contributed by atoms with Gasteiger partial charge >= 0.3 is 51.4 Å². The third-order valence-electron chi connectivity index (χ3n) is 2.00. The molecule has 1 aromatic carbocycles. The van der Waals surface area contributed by atoms with E-state index in [0.29, 0.717) is 5.92 Å². The van der Waals surface area contributed by atoms with Crippen LogP contribution in [-0.2, 0) is 16.5 Å². The van der Waals surface area contributed by atoms with Crippen molar-refractivity contribution in [1.29, 1.82) is 0 Å². The molecule has 6 heteroatoms. The van der Waals surface area contributed by atoms with Gasteiger partial charge in [0.15, 0.2) is 0 Å². The van der Waals surface area contributed by atoms with E-state index in [1.54, 1.807) is 6.07 Å². The van der Waals surface area contributed by atoms with Crippen LogP contribution in [0, 0.1) is 5.92 Å². The monoisotopic (exact) mass is 269 g/mol. The Morgan fingerprint density at radius 3 is 2.44 bits per heavy atom. The Balaban J connectivity index is 0. The molecule has 16 heavy (non-hydrogen) atoms. The number of anilines is 1. The number of nitrogen functional groups attached to an aromatic ring is 1. The fourth-order valence-corrected chi connectivity index (χ4v) is 2.07. The first-order valence-electron chi connectivity index (χ1n) is 4.66. The Morgan fingerprint density at radius 1 is 1.44 bits per heavy atom. The van der Waals surface area contributed by atoms with Gasteiger partial charge in [0.2, 0.25) is 0 Å². The number of hydrogen-bond acceptors (Lipinski definition) is 3. The molecule has 0 fully saturated rings. The average Bonchev–Trinajstić information content (AvgIpc) is 2.05. The van der Waals surface area contributed by atoms with Crippen LogP contribution < -0.4 is 57.1 Å². The van der Waals surface area contributed by atoms with Crippen LogP contribution in [0.3, 0.4) is 0 Å². The third kappa shape index (κ3) is 4.83. The van der Waals surface area contributed by atoms with Crippen molar-refractivity contribution < 1.29 is 65.8 Å². The van der Waals surface area contributed by atoms with Gasteiger partial charge in [-0.3, -0.25) is 4.55 Å². The van der Waals surface area contributed by atoms with Crippen LogP contribution >= 0.6 is 0 Å². The molecule has 0 aliphatic heterocycles. The molecule has 1 aromatic rings. The number of rotatable bonds is 3. The average molecular weight is 269 g/mol. The quantitative estimate of drug-likeness (QED) is 0.412. The predicted molar refractivity (Wildman–Crippen MR) is 60.3 cm³/mol. The largest absolute Gasteiger partial charge is 1.00 e. The van der Waals surface area contributed by atoms with Gasteiger partial charge in [-0.15, -0.1) is 0 Å². The van der Waals surface area contributed by atoms with Crippen molar-refractivity contribution >= 4 is 15.8 Å². The minimum absolute atomic E-state index is 0. The summed E-state index contributed by atoms with van der Waals surface area (Å²) in [5.41, 5.74) is 6.39. The fourth-order valence-electron chi connectivity index (χ4n) is 1.40. The smallest absolute Gasteiger partial charge is 1.00 e.